The van der Waals surface area contributed by atoms with Crippen LogP contribution in [0.5, 0.6) is 5.75 Å². The molecule has 24 heavy (non-hydrogen) atoms. The molecule has 7 heteroatoms. The van der Waals surface area contributed by atoms with E-state index in [0.717, 1.165) is 0 Å². The fraction of sp³-hybridized carbons (Fsp3) is 0.0588. The number of pyridine rings is 1. The van der Waals surface area contributed by atoms with Crippen LogP contribution in [0.2, 0.25) is 10.0 Å². The van der Waals surface area contributed by atoms with Crippen molar-refractivity contribution in [2.75, 3.05) is 12.8 Å². The molecule has 1 heterocycles. The van der Waals surface area contributed by atoms with Crippen molar-refractivity contribution in [2.24, 2.45) is 0 Å². The number of nitrogen functional groups attached to an aromatic ring is 1. The zero-order chi connectivity index (χ0) is 17.4. The number of benzene rings is 2. The third-order valence-corrected chi connectivity index (χ3v) is 4.47. The highest BCUT2D eigenvalue weighted by molar-refractivity contribution is 6.43. The number of nitrogens with two attached hydrogens (primary N) is 1. The Morgan fingerprint density at radius 3 is 2.67 bits per heavy atom. The van der Waals surface area contributed by atoms with Crippen LogP contribution < -0.4 is 10.5 Å². The molecule has 0 aliphatic heterocycles. The van der Waals surface area contributed by atoms with Crippen LogP contribution >= 0.6 is 23.2 Å². The molecule has 3 rings (SSSR count). The van der Waals surface area contributed by atoms with Gasteiger partial charge in [-0.1, -0.05) is 35.3 Å². The van der Waals surface area contributed by atoms with Crippen molar-refractivity contribution in [1.29, 1.82) is 0 Å². The molecular formula is C17H12Cl2N2O3. The lowest BCUT2D eigenvalue weighted by molar-refractivity contribution is 0.0698. The number of aromatic nitrogens is 1. The Kier molecular flexibility index (Phi) is 4.22. The SMILES string of the molecule is COc1ccc2c(N)c(C(=O)O)c(-c3cccc(Cl)c3Cl)nc2c1. The predicted octanol–water partition coefficient (Wildman–Crippen LogP) is 4.50. The van der Waals surface area contributed by atoms with Gasteiger partial charge in [0.15, 0.2) is 0 Å². The maximum absolute atomic E-state index is 11.8. The zero-order valence-electron chi connectivity index (χ0n) is 12.5. The fourth-order valence-corrected chi connectivity index (χ4v) is 2.89. The lowest BCUT2D eigenvalue weighted by atomic mass is 10.0. The van der Waals surface area contributed by atoms with Gasteiger partial charge in [0.05, 0.1) is 34.1 Å². The van der Waals surface area contributed by atoms with E-state index in [1.54, 1.807) is 36.4 Å². The maximum Gasteiger partial charge on any atom is 0.340 e. The van der Waals surface area contributed by atoms with E-state index in [2.05, 4.69) is 4.98 Å². The van der Waals surface area contributed by atoms with E-state index in [1.807, 2.05) is 0 Å². The minimum absolute atomic E-state index is 0.112. The van der Waals surface area contributed by atoms with Gasteiger partial charge in [0.25, 0.3) is 0 Å². The van der Waals surface area contributed by atoms with Gasteiger partial charge in [0.1, 0.15) is 11.3 Å². The molecule has 0 saturated carbocycles. The van der Waals surface area contributed by atoms with Gasteiger partial charge in [0, 0.05) is 17.0 Å². The van der Waals surface area contributed by atoms with Crippen molar-refractivity contribution < 1.29 is 14.6 Å². The fourth-order valence-electron chi connectivity index (χ4n) is 2.50. The van der Waals surface area contributed by atoms with E-state index in [-0.39, 0.29) is 22.0 Å². The van der Waals surface area contributed by atoms with Gasteiger partial charge in [-0.25, -0.2) is 9.78 Å². The van der Waals surface area contributed by atoms with Gasteiger partial charge >= 0.3 is 5.97 Å². The van der Waals surface area contributed by atoms with Gasteiger partial charge in [0.2, 0.25) is 0 Å². The van der Waals surface area contributed by atoms with E-state index in [0.29, 0.717) is 27.2 Å². The molecule has 0 bridgehead atoms. The van der Waals surface area contributed by atoms with Gasteiger partial charge in [-0.15, -0.1) is 0 Å². The molecule has 5 nitrogen and oxygen atoms in total. The predicted molar refractivity (Wildman–Crippen MR) is 95.1 cm³/mol. The molecule has 0 radical (unpaired) electrons. The summed E-state index contributed by atoms with van der Waals surface area (Å²) in [7, 11) is 1.53. The van der Waals surface area contributed by atoms with Crippen molar-refractivity contribution >= 4 is 45.8 Å². The molecule has 0 unspecified atom stereocenters. The van der Waals surface area contributed by atoms with Gasteiger partial charge < -0.3 is 15.6 Å². The van der Waals surface area contributed by atoms with E-state index in [1.165, 1.54) is 7.11 Å². The summed E-state index contributed by atoms with van der Waals surface area (Å²) in [6.07, 6.45) is 0. The highest BCUT2D eigenvalue weighted by Gasteiger charge is 2.22. The first kappa shape index (κ1) is 16.4. The van der Waals surface area contributed by atoms with Gasteiger partial charge in [-0.2, -0.15) is 0 Å². The average Bonchev–Trinajstić information content (AvgIpc) is 2.56. The lowest BCUT2D eigenvalue weighted by Crippen LogP contribution is -2.08. The van der Waals surface area contributed by atoms with Crippen LogP contribution in [-0.2, 0) is 0 Å². The number of hydrogen-bond donors (Lipinski definition) is 2. The van der Waals surface area contributed by atoms with Crippen LogP contribution in [0.3, 0.4) is 0 Å². The highest BCUT2D eigenvalue weighted by atomic mass is 35.5. The second-order valence-corrected chi connectivity index (χ2v) is 5.82. The summed E-state index contributed by atoms with van der Waals surface area (Å²) in [4.78, 5) is 16.2. The second-order valence-electron chi connectivity index (χ2n) is 5.04. The minimum Gasteiger partial charge on any atom is -0.497 e. The Morgan fingerprint density at radius 2 is 2.00 bits per heavy atom. The summed E-state index contributed by atoms with van der Waals surface area (Å²) in [5.41, 5.74) is 7.16. The third-order valence-electron chi connectivity index (χ3n) is 3.65. The first-order valence-corrected chi connectivity index (χ1v) is 7.64. The Bertz CT molecular complexity index is 974. The van der Waals surface area contributed by atoms with Crippen LogP contribution in [0.15, 0.2) is 36.4 Å². The number of methoxy groups -OCH3 is 1. The van der Waals surface area contributed by atoms with Crippen molar-refractivity contribution in [3.63, 3.8) is 0 Å². The number of aromatic carboxylic acids is 1. The van der Waals surface area contributed by atoms with Crippen LogP contribution in [0, 0.1) is 0 Å². The molecular weight excluding hydrogens is 351 g/mol. The number of carbonyl (C=O) groups is 1. The lowest BCUT2D eigenvalue weighted by Gasteiger charge is -2.14. The molecule has 0 fully saturated rings. The van der Waals surface area contributed by atoms with E-state index < -0.39 is 5.97 Å². The zero-order valence-corrected chi connectivity index (χ0v) is 14.0. The van der Waals surface area contributed by atoms with Crippen molar-refractivity contribution in [3.8, 4) is 17.0 Å². The summed E-state index contributed by atoms with van der Waals surface area (Å²) in [6.45, 7) is 0. The van der Waals surface area contributed by atoms with Crippen LogP contribution in [0.4, 0.5) is 5.69 Å². The molecule has 1 aromatic heterocycles. The minimum atomic E-state index is -1.19. The van der Waals surface area contributed by atoms with Gasteiger partial charge in [-0.3, -0.25) is 0 Å². The monoisotopic (exact) mass is 362 g/mol. The smallest absolute Gasteiger partial charge is 0.340 e. The number of anilines is 1. The number of nitrogens with zero attached hydrogens (tertiary/aromatic N) is 1. The third kappa shape index (κ3) is 2.62. The van der Waals surface area contributed by atoms with E-state index in [4.69, 9.17) is 33.7 Å². The molecule has 3 aromatic rings. The summed E-state index contributed by atoms with van der Waals surface area (Å²) in [6, 6.07) is 9.97. The van der Waals surface area contributed by atoms with Crippen LogP contribution in [-0.4, -0.2) is 23.2 Å². The highest BCUT2D eigenvalue weighted by Crippen LogP contribution is 2.38. The normalized spacial score (nSPS) is 10.8. The van der Waals surface area contributed by atoms with E-state index >= 15 is 0 Å². The van der Waals surface area contributed by atoms with Gasteiger partial charge in [-0.05, 0) is 18.2 Å². The van der Waals surface area contributed by atoms with Crippen molar-refractivity contribution in [1.82, 2.24) is 4.98 Å². The van der Waals surface area contributed by atoms with Crippen molar-refractivity contribution in [2.45, 2.75) is 0 Å². The standard InChI is InChI=1S/C17H12Cl2N2O3/c1-24-8-5-6-9-12(7-8)21-16(13(15(9)20)17(22)23)10-3-2-4-11(18)14(10)19/h2-7H,1H3,(H2,20,21)(H,22,23). The van der Waals surface area contributed by atoms with Crippen LogP contribution in [0.1, 0.15) is 10.4 Å². The Hall–Kier alpha value is -2.50. The number of halogens is 2. The molecule has 0 saturated heterocycles. The first-order chi connectivity index (χ1) is 11.4. The maximum atomic E-state index is 11.8. The first-order valence-electron chi connectivity index (χ1n) is 6.89. The summed E-state index contributed by atoms with van der Waals surface area (Å²) in [5, 5.41) is 10.7. The average molecular weight is 363 g/mol. The molecule has 0 aliphatic rings. The summed E-state index contributed by atoms with van der Waals surface area (Å²) in [5.74, 6) is -0.607. The molecule has 0 aliphatic carbocycles. The Balaban J connectivity index is 2.43. The number of ether oxygens (including phenoxy) is 1. The van der Waals surface area contributed by atoms with Crippen molar-refractivity contribution in [3.05, 3.63) is 52.0 Å². The molecule has 2 aromatic carbocycles. The largest absolute Gasteiger partial charge is 0.497 e. The Morgan fingerprint density at radius 1 is 1.25 bits per heavy atom. The second kappa shape index (κ2) is 6.19. The molecule has 0 atom stereocenters. The number of carboxylic acids is 1. The number of rotatable bonds is 3. The number of carboxylic acid groups (broad SMARTS) is 1. The Labute approximate surface area is 147 Å². The van der Waals surface area contributed by atoms with Crippen LogP contribution in [0.25, 0.3) is 22.2 Å². The molecule has 122 valence electrons. The summed E-state index contributed by atoms with van der Waals surface area (Å²) >= 11 is 12.3. The number of fused-ring (bicyclic) bond motifs is 1. The molecule has 0 amide bonds. The topological polar surface area (TPSA) is 85.4 Å². The molecule has 3 N–H and O–H groups in total. The summed E-state index contributed by atoms with van der Waals surface area (Å²) < 4.78 is 5.18. The van der Waals surface area contributed by atoms with E-state index in [9.17, 15) is 9.90 Å². The molecule has 0 spiro atoms. The quantitative estimate of drug-likeness (QED) is 0.716. The number of hydrogen-bond acceptors (Lipinski definition) is 4.